The molecular weight excluding hydrogens is 456 g/mol. The lowest BCUT2D eigenvalue weighted by atomic mass is 9.77. The Morgan fingerprint density at radius 1 is 1.12 bits per heavy atom. The third kappa shape index (κ3) is 3.69. The second-order valence-electron chi connectivity index (χ2n) is 9.80. The Balaban J connectivity index is 1.30. The quantitative estimate of drug-likeness (QED) is 0.631. The molecule has 2 N–H and O–H groups in total. The van der Waals surface area contributed by atoms with Crippen molar-refractivity contribution in [3.63, 3.8) is 0 Å². The third-order valence-corrected chi connectivity index (χ3v) is 9.74. The van der Waals surface area contributed by atoms with Crippen molar-refractivity contribution in [2.45, 2.75) is 67.7 Å². The van der Waals surface area contributed by atoms with Crippen LogP contribution < -0.4 is 10.2 Å². The van der Waals surface area contributed by atoms with Gasteiger partial charge in [-0.3, -0.25) is 0 Å². The molecule has 8 heteroatoms. The summed E-state index contributed by atoms with van der Waals surface area (Å²) in [6.45, 7) is 1.82. The lowest BCUT2D eigenvalue weighted by Crippen LogP contribution is -2.49. The van der Waals surface area contributed by atoms with Crippen LogP contribution in [0.3, 0.4) is 0 Å². The van der Waals surface area contributed by atoms with Crippen molar-refractivity contribution < 1.29 is 9.32 Å². The summed E-state index contributed by atoms with van der Waals surface area (Å²) in [5.74, 6) is 1.89. The molecule has 0 amide bonds. The number of aromatic nitrogens is 2. The van der Waals surface area contributed by atoms with Gasteiger partial charge < -0.3 is 15.3 Å². The van der Waals surface area contributed by atoms with E-state index in [2.05, 4.69) is 22.3 Å². The normalized spacial score (nSPS) is 23.9. The van der Waals surface area contributed by atoms with Crippen LogP contribution in [-0.2, 0) is 10.8 Å². The second-order valence-corrected chi connectivity index (χ2v) is 11.7. The highest BCUT2D eigenvalue weighted by Gasteiger charge is 2.41. The second kappa shape index (κ2) is 8.36. The van der Waals surface area contributed by atoms with Gasteiger partial charge in [0.1, 0.15) is 10.7 Å². The molecule has 2 aromatic rings. The minimum absolute atomic E-state index is 0.0629. The minimum Gasteiger partial charge on any atom is -0.394 e. The number of halogens is 1. The van der Waals surface area contributed by atoms with Crippen molar-refractivity contribution >= 4 is 39.7 Å². The molecule has 1 atom stereocenters. The van der Waals surface area contributed by atoms with Gasteiger partial charge in [-0.1, -0.05) is 23.7 Å². The number of anilines is 2. The first-order valence-electron chi connectivity index (χ1n) is 12.0. The molecule has 2 aliphatic heterocycles. The number of aliphatic hydroxyl groups excluding tert-OH is 1. The predicted molar refractivity (Wildman–Crippen MR) is 132 cm³/mol. The first kappa shape index (κ1) is 21.6. The molecule has 6 rings (SSSR count). The van der Waals surface area contributed by atoms with E-state index in [9.17, 15) is 9.32 Å². The fraction of sp³-hybridized carbons (Fsp3) is 0.520. The van der Waals surface area contributed by atoms with Crippen LogP contribution in [0.15, 0.2) is 34.1 Å². The zero-order valence-corrected chi connectivity index (χ0v) is 20.2. The Morgan fingerprint density at radius 3 is 2.55 bits per heavy atom. The Bertz CT molecular complexity index is 1130. The highest BCUT2D eigenvalue weighted by atomic mass is 35.5. The molecule has 0 bridgehead atoms. The smallest absolute Gasteiger partial charge is 0.227 e. The van der Waals surface area contributed by atoms with Gasteiger partial charge in [-0.25, -0.2) is 9.19 Å². The van der Waals surface area contributed by atoms with Crippen LogP contribution in [0, 0.1) is 0 Å². The first-order chi connectivity index (χ1) is 16.1. The van der Waals surface area contributed by atoms with Crippen LogP contribution in [0.1, 0.15) is 68.5 Å². The van der Waals surface area contributed by atoms with Gasteiger partial charge in [0.05, 0.1) is 28.6 Å². The van der Waals surface area contributed by atoms with Crippen molar-refractivity contribution in [1.29, 1.82) is 0 Å². The number of piperidine rings is 1. The largest absolute Gasteiger partial charge is 0.394 e. The molecule has 0 radical (unpaired) electrons. The number of hydrogen-bond donors (Lipinski definition) is 2. The fourth-order valence-corrected chi connectivity index (χ4v) is 7.41. The van der Waals surface area contributed by atoms with Crippen LogP contribution in [0.25, 0.3) is 5.57 Å². The summed E-state index contributed by atoms with van der Waals surface area (Å²) < 4.78 is 13.3. The zero-order chi connectivity index (χ0) is 22.6. The summed E-state index contributed by atoms with van der Waals surface area (Å²) in [5.41, 5.74) is 3.03. The molecule has 3 heterocycles. The fourth-order valence-electron chi connectivity index (χ4n) is 5.66. The minimum atomic E-state index is -1.19. The van der Waals surface area contributed by atoms with Gasteiger partial charge in [0, 0.05) is 23.0 Å². The van der Waals surface area contributed by atoms with Gasteiger partial charge in [-0.15, -0.1) is 0 Å². The van der Waals surface area contributed by atoms with E-state index in [1.54, 1.807) is 0 Å². The number of hydrogen-bond acceptors (Lipinski definition) is 6. The van der Waals surface area contributed by atoms with Crippen molar-refractivity contribution in [3.8, 4) is 0 Å². The number of nitrogens with one attached hydrogen (secondary N) is 1. The van der Waals surface area contributed by atoms with Crippen molar-refractivity contribution in [3.05, 3.63) is 45.5 Å². The molecule has 174 valence electrons. The number of benzene rings is 1. The van der Waals surface area contributed by atoms with Gasteiger partial charge >= 0.3 is 0 Å². The molecule has 1 unspecified atom stereocenters. The molecule has 4 aliphatic rings. The van der Waals surface area contributed by atoms with E-state index in [0.717, 1.165) is 96.5 Å². The maximum absolute atomic E-state index is 13.3. The van der Waals surface area contributed by atoms with Gasteiger partial charge in [0.25, 0.3) is 0 Å². The average molecular weight is 485 g/mol. The summed E-state index contributed by atoms with van der Waals surface area (Å²) >= 11 is 6.06. The van der Waals surface area contributed by atoms with E-state index in [4.69, 9.17) is 21.6 Å². The van der Waals surface area contributed by atoms with Crippen LogP contribution in [0.2, 0.25) is 5.02 Å². The van der Waals surface area contributed by atoms with Crippen LogP contribution in [-0.4, -0.2) is 44.5 Å². The topological polar surface area (TPSA) is 78.4 Å². The highest BCUT2D eigenvalue weighted by Crippen LogP contribution is 2.48. The molecule has 1 aromatic carbocycles. The molecule has 2 fully saturated rings. The lowest BCUT2D eigenvalue weighted by Gasteiger charge is -2.42. The molecule has 0 spiro atoms. The summed E-state index contributed by atoms with van der Waals surface area (Å²) in [7, 11) is -1.19. The Hall–Kier alpha value is -1.96. The van der Waals surface area contributed by atoms with Gasteiger partial charge in [0.15, 0.2) is 0 Å². The number of allylic oxidation sites excluding steroid dienone is 2. The number of aliphatic hydroxyl groups is 1. The summed E-state index contributed by atoms with van der Waals surface area (Å²) in [4.78, 5) is 13.9. The molecular formula is C25H29ClN4O2S. The van der Waals surface area contributed by atoms with E-state index < -0.39 is 10.8 Å². The van der Waals surface area contributed by atoms with Gasteiger partial charge in [0.2, 0.25) is 5.95 Å². The molecule has 1 aromatic heterocycles. The summed E-state index contributed by atoms with van der Waals surface area (Å²) in [6, 6.07) is 8.20. The standard InChI is InChI=1S/C25H29ClN4O2S/c26-18-7-5-16(6-8-18)17-9-13-30(14-10-17)24-27-21-19-3-1-4-20(19)33(32)22(21)23(28-24)29-25(15-31)11-2-12-25/h5-8,17,31H,1-4,9-15H2,(H,27,28,29). The predicted octanol–water partition coefficient (Wildman–Crippen LogP) is 4.86. The zero-order valence-electron chi connectivity index (χ0n) is 18.6. The molecule has 6 nitrogen and oxygen atoms in total. The van der Waals surface area contributed by atoms with Crippen LogP contribution in [0.4, 0.5) is 11.8 Å². The molecule has 33 heavy (non-hydrogen) atoms. The maximum Gasteiger partial charge on any atom is 0.227 e. The molecule has 1 saturated carbocycles. The SMILES string of the molecule is O=S1C2=C(CCC2)c2nc(N3CCC(c4ccc(Cl)cc4)CC3)nc(NC3(CO)CCC3)c21. The van der Waals surface area contributed by atoms with Crippen LogP contribution in [0.5, 0.6) is 0 Å². The number of nitrogens with zero attached hydrogens (tertiary/aromatic N) is 3. The Morgan fingerprint density at radius 2 is 1.88 bits per heavy atom. The maximum atomic E-state index is 13.3. The Kier molecular flexibility index (Phi) is 5.46. The van der Waals surface area contributed by atoms with E-state index in [0.29, 0.717) is 11.7 Å². The van der Waals surface area contributed by atoms with Crippen molar-refractivity contribution in [2.24, 2.45) is 0 Å². The number of rotatable bonds is 5. The van der Waals surface area contributed by atoms with Crippen molar-refractivity contribution in [2.75, 3.05) is 29.9 Å². The highest BCUT2D eigenvalue weighted by molar-refractivity contribution is 7.89. The van der Waals surface area contributed by atoms with Gasteiger partial charge in [-0.2, -0.15) is 4.98 Å². The average Bonchev–Trinajstić information content (AvgIpc) is 3.40. The number of fused-ring (bicyclic) bond motifs is 2. The molecule has 2 aliphatic carbocycles. The lowest BCUT2D eigenvalue weighted by molar-refractivity contribution is 0.143. The third-order valence-electron chi connectivity index (χ3n) is 7.83. The molecule has 1 saturated heterocycles. The van der Waals surface area contributed by atoms with Crippen molar-refractivity contribution in [1.82, 2.24) is 9.97 Å². The van der Waals surface area contributed by atoms with E-state index >= 15 is 0 Å². The monoisotopic (exact) mass is 484 g/mol. The van der Waals surface area contributed by atoms with Crippen LogP contribution >= 0.6 is 11.6 Å². The van der Waals surface area contributed by atoms with E-state index in [-0.39, 0.29) is 12.1 Å². The van der Waals surface area contributed by atoms with E-state index in [1.165, 1.54) is 5.56 Å². The first-order valence-corrected chi connectivity index (χ1v) is 13.6. The summed E-state index contributed by atoms with van der Waals surface area (Å²) in [5, 5.41) is 14.3. The van der Waals surface area contributed by atoms with E-state index in [1.807, 2.05) is 12.1 Å². The van der Waals surface area contributed by atoms with Gasteiger partial charge in [-0.05, 0) is 80.6 Å². The Labute approximate surface area is 201 Å². The summed E-state index contributed by atoms with van der Waals surface area (Å²) in [6.07, 6.45) is 7.83.